The van der Waals surface area contributed by atoms with Gasteiger partial charge in [-0.2, -0.15) is 18.4 Å². The zero-order chi connectivity index (χ0) is 27.7. The molecule has 1 aliphatic carbocycles. The summed E-state index contributed by atoms with van der Waals surface area (Å²) in [7, 11) is 0. The summed E-state index contributed by atoms with van der Waals surface area (Å²) < 4.78 is 63.8. The molecule has 2 aromatic carbocycles. The predicted octanol–water partition coefficient (Wildman–Crippen LogP) is 4.50. The van der Waals surface area contributed by atoms with Crippen molar-refractivity contribution >= 4 is 12.0 Å². The van der Waals surface area contributed by atoms with E-state index < -0.39 is 23.5 Å². The third kappa shape index (κ3) is 5.38. The van der Waals surface area contributed by atoms with E-state index in [-0.39, 0.29) is 29.7 Å². The van der Waals surface area contributed by atoms with Crippen molar-refractivity contribution < 1.29 is 41.7 Å². The van der Waals surface area contributed by atoms with Crippen LogP contribution in [0, 0.1) is 23.1 Å². The standard InChI is InChI=1S/C24H24FN3O3.C2HF3O2/c1-2-29-18-4-6-22-20(11-18)24(13-30-23(27)28-24)19-10-15(3-5-21(19)31-22)16-7-14(12-26)8-17(25)9-16;3-2(4,5)1(6)7/h3,5,7-10,18,20,22H,2,4,6,11,13H2,1H3,(H2,27,28);(H,6,7)/t18-,20-,22-,24?;/m0./s1. The zero-order valence-electron chi connectivity index (χ0n) is 20.3. The number of carboxylic acid groups (broad SMARTS) is 1. The van der Waals surface area contributed by atoms with E-state index >= 15 is 0 Å². The van der Waals surface area contributed by atoms with Gasteiger partial charge in [0, 0.05) is 18.1 Å². The van der Waals surface area contributed by atoms with Gasteiger partial charge < -0.3 is 25.1 Å². The SMILES string of the molecule is CCO[C@H]1CC[C@@H]2Oc3ccc(-c4cc(F)cc(C#N)c4)cc3C3(COC(N)=N3)[C@H]2C1.O=C(O)C(F)(F)F. The van der Waals surface area contributed by atoms with Crippen LogP contribution < -0.4 is 10.5 Å². The van der Waals surface area contributed by atoms with Gasteiger partial charge in [-0.3, -0.25) is 0 Å². The molecule has 3 aliphatic rings. The van der Waals surface area contributed by atoms with E-state index in [9.17, 15) is 22.8 Å². The minimum absolute atomic E-state index is 0.00710. The first-order valence-corrected chi connectivity index (χ1v) is 11.9. The van der Waals surface area contributed by atoms with E-state index in [1.807, 2.05) is 31.2 Å². The molecular weight excluding hydrogens is 510 g/mol. The molecule has 2 aromatic rings. The van der Waals surface area contributed by atoms with Crippen LogP contribution in [0.2, 0.25) is 0 Å². The molecule has 3 N–H and O–H groups in total. The second-order valence-electron chi connectivity index (χ2n) is 9.17. The largest absolute Gasteiger partial charge is 0.490 e. The summed E-state index contributed by atoms with van der Waals surface area (Å²) in [5.41, 5.74) is 7.89. The van der Waals surface area contributed by atoms with Crippen LogP contribution in [0.1, 0.15) is 37.3 Å². The maximum Gasteiger partial charge on any atom is 0.490 e. The van der Waals surface area contributed by atoms with Crippen LogP contribution in [0.15, 0.2) is 41.4 Å². The van der Waals surface area contributed by atoms with E-state index in [4.69, 9.17) is 34.8 Å². The van der Waals surface area contributed by atoms with Crippen molar-refractivity contribution in [1.29, 1.82) is 5.26 Å². The first-order valence-electron chi connectivity index (χ1n) is 11.9. The molecule has 1 spiro atoms. The number of fused-ring (bicyclic) bond motifs is 4. The Morgan fingerprint density at radius 3 is 2.61 bits per heavy atom. The first kappa shape index (κ1) is 27.2. The monoisotopic (exact) mass is 535 g/mol. The van der Waals surface area contributed by atoms with Gasteiger partial charge in [-0.25, -0.2) is 14.2 Å². The second kappa shape index (κ2) is 10.5. The van der Waals surface area contributed by atoms with Gasteiger partial charge in [-0.05, 0) is 67.6 Å². The molecule has 0 saturated heterocycles. The van der Waals surface area contributed by atoms with E-state index in [0.29, 0.717) is 18.8 Å². The number of aliphatic carboxylic acids is 1. The molecule has 0 aromatic heterocycles. The Bertz CT molecular complexity index is 1290. The van der Waals surface area contributed by atoms with Gasteiger partial charge in [-0.1, -0.05) is 6.07 Å². The molecule has 8 nitrogen and oxygen atoms in total. The Labute approximate surface area is 215 Å². The van der Waals surface area contributed by atoms with Crippen molar-refractivity contribution in [3.05, 3.63) is 53.3 Å². The fraction of sp³-hybridized carbons (Fsp3) is 0.423. The molecule has 202 valence electrons. The fourth-order valence-corrected chi connectivity index (χ4v) is 5.24. The van der Waals surface area contributed by atoms with E-state index in [0.717, 1.165) is 36.1 Å². The summed E-state index contributed by atoms with van der Waals surface area (Å²) >= 11 is 0. The van der Waals surface area contributed by atoms with E-state index in [1.165, 1.54) is 12.1 Å². The third-order valence-electron chi connectivity index (χ3n) is 6.83. The number of rotatable bonds is 3. The number of alkyl halides is 3. The number of nitrogens with two attached hydrogens (primary N) is 1. The number of aliphatic imine (C=N–C) groups is 1. The third-order valence-corrected chi connectivity index (χ3v) is 6.83. The average Bonchev–Trinajstić information content (AvgIpc) is 3.26. The Hall–Kier alpha value is -3.85. The molecule has 1 unspecified atom stereocenters. The van der Waals surface area contributed by atoms with E-state index in [1.54, 1.807) is 6.07 Å². The molecule has 0 bridgehead atoms. The maximum absolute atomic E-state index is 14.1. The summed E-state index contributed by atoms with van der Waals surface area (Å²) in [4.78, 5) is 13.7. The molecule has 4 atom stereocenters. The second-order valence-corrected chi connectivity index (χ2v) is 9.17. The molecule has 2 heterocycles. The van der Waals surface area contributed by atoms with Gasteiger partial charge in [0.2, 0.25) is 0 Å². The maximum atomic E-state index is 14.1. The summed E-state index contributed by atoms with van der Waals surface area (Å²) in [6, 6.07) is 12.3. The van der Waals surface area contributed by atoms with Crippen LogP contribution >= 0.6 is 0 Å². The highest BCUT2D eigenvalue weighted by Gasteiger charge is 2.55. The lowest BCUT2D eigenvalue weighted by molar-refractivity contribution is -0.192. The van der Waals surface area contributed by atoms with Crippen molar-refractivity contribution in [3.8, 4) is 22.9 Å². The van der Waals surface area contributed by atoms with Crippen molar-refractivity contribution in [2.45, 2.75) is 50.1 Å². The van der Waals surface area contributed by atoms with Crippen LogP contribution in [0.4, 0.5) is 17.6 Å². The number of ether oxygens (including phenoxy) is 3. The average molecular weight is 535 g/mol. The lowest BCUT2D eigenvalue weighted by Gasteiger charge is -2.47. The van der Waals surface area contributed by atoms with Gasteiger partial charge in [0.15, 0.2) is 0 Å². The van der Waals surface area contributed by atoms with Gasteiger partial charge in [0.05, 0.1) is 17.7 Å². The molecule has 0 radical (unpaired) electrons. The molecule has 38 heavy (non-hydrogen) atoms. The van der Waals surface area contributed by atoms with Crippen LogP contribution in [-0.2, 0) is 19.8 Å². The molecule has 1 fully saturated rings. The highest BCUT2D eigenvalue weighted by Crippen LogP contribution is 2.53. The summed E-state index contributed by atoms with van der Waals surface area (Å²) in [5.74, 6) is -2.40. The molecule has 5 rings (SSSR count). The Morgan fingerprint density at radius 1 is 1.26 bits per heavy atom. The van der Waals surface area contributed by atoms with Crippen LogP contribution in [0.3, 0.4) is 0 Å². The van der Waals surface area contributed by atoms with E-state index in [2.05, 4.69) is 0 Å². The van der Waals surface area contributed by atoms with Crippen molar-refractivity contribution in [1.82, 2.24) is 0 Å². The number of nitrogens with zero attached hydrogens (tertiary/aromatic N) is 2. The lowest BCUT2D eigenvalue weighted by atomic mass is 9.67. The molecular formula is C26H25F4N3O5. The number of amidine groups is 1. The Balaban J connectivity index is 0.000000426. The van der Waals surface area contributed by atoms with Gasteiger partial charge >= 0.3 is 12.1 Å². The minimum Gasteiger partial charge on any atom is -0.490 e. The quantitative estimate of drug-likeness (QED) is 0.554. The van der Waals surface area contributed by atoms with Crippen LogP contribution in [-0.4, -0.2) is 48.7 Å². The Kier molecular flexibility index (Phi) is 7.51. The number of hydrogen-bond donors (Lipinski definition) is 2. The van der Waals surface area contributed by atoms with Crippen molar-refractivity contribution in [2.75, 3.05) is 13.2 Å². The lowest BCUT2D eigenvalue weighted by Crippen LogP contribution is -2.52. The normalized spacial score (nSPS) is 25.5. The number of carboxylic acids is 1. The smallest absolute Gasteiger partial charge is 0.490 e. The van der Waals surface area contributed by atoms with Gasteiger partial charge in [-0.15, -0.1) is 0 Å². The number of nitriles is 1. The number of hydrogen-bond acceptors (Lipinski definition) is 7. The minimum atomic E-state index is -5.08. The topological polar surface area (TPSA) is 127 Å². The van der Waals surface area contributed by atoms with Crippen molar-refractivity contribution in [2.24, 2.45) is 16.6 Å². The molecule has 2 aliphatic heterocycles. The van der Waals surface area contributed by atoms with Crippen molar-refractivity contribution in [3.63, 3.8) is 0 Å². The van der Waals surface area contributed by atoms with Crippen LogP contribution in [0.25, 0.3) is 11.1 Å². The summed E-state index contributed by atoms with van der Waals surface area (Å²) in [6.45, 7) is 3.01. The van der Waals surface area contributed by atoms with Gasteiger partial charge in [0.1, 0.15) is 29.8 Å². The number of carbonyl (C=O) groups is 1. The molecule has 1 saturated carbocycles. The Morgan fingerprint density at radius 2 is 2.00 bits per heavy atom. The highest BCUT2D eigenvalue weighted by atomic mass is 19.4. The highest BCUT2D eigenvalue weighted by molar-refractivity contribution is 5.76. The number of benzene rings is 2. The zero-order valence-corrected chi connectivity index (χ0v) is 20.3. The fourth-order valence-electron chi connectivity index (χ4n) is 5.24. The molecule has 12 heteroatoms. The first-order chi connectivity index (χ1) is 18.0. The van der Waals surface area contributed by atoms with Gasteiger partial charge in [0.25, 0.3) is 6.02 Å². The predicted molar refractivity (Wildman–Crippen MR) is 127 cm³/mol. The molecule has 0 amide bonds. The number of halogens is 4. The van der Waals surface area contributed by atoms with Crippen LogP contribution in [0.5, 0.6) is 5.75 Å². The summed E-state index contributed by atoms with van der Waals surface area (Å²) in [6.07, 6.45) is -2.30. The summed E-state index contributed by atoms with van der Waals surface area (Å²) in [5, 5.41) is 16.3.